The van der Waals surface area contributed by atoms with Crippen LogP contribution in [-0.2, 0) is 0 Å². The molecule has 0 fully saturated rings. The van der Waals surface area contributed by atoms with Crippen LogP contribution in [0, 0.1) is 0 Å². The van der Waals surface area contributed by atoms with Gasteiger partial charge in [-0.1, -0.05) is 12.1 Å². The summed E-state index contributed by atoms with van der Waals surface area (Å²) in [5, 5.41) is 3.43. The summed E-state index contributed by atoms with van der Waals surface area (Å²) < 4.78 is 5.00. The van der Waals surface area contributed by atoms with E-state index in [-0.39, 0.29) is 6.04 Å². The fraction of sp³-hybridized carbons (Fsp3) is 0.188. The van der Waals surface area contributed by atoms with E-state index in [2.05, 4.69) is 47.7 Å². The molecule has 0 aliphatic rings. The number of anilines is 1. The second kappa shape index (κ2) is 5.69. The van der Waals surface area contributed by atoms with E-state index in [0.717, 1.165) is 5.69 Å². The maximum Gasteiger partial charge on any atom is 0.417 e. The molecule has 5 heteroatoms. The Morgan fingerprint density at radius 1 is 1.19 bits per heavy atom. The molecule has 1 heterocycles. The number of fused-ring (bicyclic) bond motifs is 1. The summed E-state index contributed by atoms with van der Waals surface area (Å²) >= 11 is 1.73. The van der Waals surface area contributed by atoms with Crippen molar-refractivity contribution in [3.05, 3.63) is 58.6 Å². The van der Waals surface area contributed by atoms with Crippen LogP contribution in [0.25, 0.3) is 11.1 Å². The van der Waals surface area contributed by atoms with Crippen molar-refractivity contribution in [2.24, 2.45) is 0 Å². The molecule has 1 unspecified atom stereocenters. The van der Waals surface area contributed by atoms with Crippen LogP contribution in [0.15, 0.2) is 56.6 Å². The Morgan fingerprint density at radius 2 is 1.95 bits per heavy atom. The molecule has 4 nitrogen and oxygen atoms in total. The number of rotatable bonds is 4. The fourth-order valence-corrected chi connectivity index (χ4v) is 2.68. The molecule has 2 N–H and O–H groups in total. The van der Waals surface area contributed by atoms with E-state index in [1.54, 1.807) is 17.8 Å². The van der Waals surface area contributed by atoms with Crippen molar-refractivity contribution < 1.29 is 4.42 Å². The maximum absolute atomic E-state index is 11.2. The lowest BCUT2D eigenvalue weighted by Gasteiger charge is -2.16. The lowest BCUT2D eigenvalue weighted by molar-refractivity contribution is 0.555. The van der Waals surface area contributed by atoms with E-state index in [9.17, 15) is 4.79 Å². The van der Waals surface area contributed by atoms with Gasteiger partial charge in [0.1, 0.15) is 0 Å². The van der Waals surface area contributed by atoms with Crippen LogP contribution < -0.4 is 11.1 Å². The highest BCUT2D eigenvalue weighted by atomic mass is 32.2. The minimum atomic E-state index is -0.428. The van der Waals surface area contributed by atoms with Gasteiger partial charge in [0, 0.05) is 16.6 Å². The molecule has 0 aliphatic heterocycles. The molecule has 0 amide bonds. The second-order valence-electron chi connectivity index (χ2n) is 4.86. The number of nitrogens with one attached hydrogen (secondary N) is 2. The lowest BCUT2D eigenvalue weighted by Crippen LogP contribution is -2.06. The monoisotopic (exact) mass is 300 g/mol. The summed E-state index contributed by atoms with van der Waals surface area (Å²) in [6, 6.07) is 14.3. The molecule has 108 valence electrons. The zero-order valence-electron chi connectivity index (χ0n) is 11.8. The van der Waals surface area contributed by atoms with Gasteiger partial charge in [-0.15, -0.1) is 11.8 Å². The first kappa shape index (κ1) is 13.8. The summed E-state index contributed by atoms with van der Waals surface area (Å²) in [4.78, 5) is 15.1. The Kier molecular flexibility index (Phi) is 3.75. The largest absolute Gasteiger partial charge is 0.417 e. The lowest BCUT2D eigenvalue weighted by atomic mass is 10.1. The summed E-state index contributed by atoms with van der Waals surface area (Å²) in [5.41, 5.74) is 3.44. The van der Waals surface area contributed by atoms with Gasteiger partial charge >= 0.3 is 5.76 Å². The van der Waals surface area contributed by atoms with E-state index in [0.29, 0.717) is 11.1 Å². The zero-order valence-corrected chi connectivity index (χ0v) is 12.7. The van der Waals surface area contributed by atoms with Crippen LogP contribution in [0.2, 0.25) is 0 Å². The van der Waals surface area contributed by atoms with Crippen LogP contribution in [0.3, 0.4) is 0 Å². The van der Waals surface area contributed by atoms with Gasteiger partial charge in [0.2, 0.25) is 0 Å². The van der Waals surface area contributed by atoms with Crippen molar-refractivity contribution >= 4 is 28.5 Å². The van der Waals surface area contributed by atoms with Crippen LogP contribution >= 0.6 is 11.8 Å². The van der Waals surface area contributed by atoms with Gasteiger partial charge in [-0.2, -0.15) is 0 Å². The zero-order chi connectivity index (χ0) is 14.8. The molecule has 0 bridgehead atoms. The van der Waals surface area contributed by atoms with Crippen molar-refractivity contribution in [2.75, 3.05) is 11.6 Å². The average Bonchev–Trinajstić information content (AvgIpc) is 2.86. The second-order valence-corrected chi connectivity index (χ2v) is 5.74. The average molecular weight is 300 g/mol. The van der Waals surface area contributed by atoms with Crippen LogP contribution in [-0.4, -0.2) is 11.2 Å². The summed E-state index contributed by atoms with van der Waals surface area (Å²) in [6.07, 6.45) is 2.07. The first-order chi connectivity index (χ1) is 10.2. The molecule has 1 atom stereocenters. The van der Waals surface area contributed by atoms with Crippen molar-refractivity contribution in [3.8, 4) is 0 Å². The molecule has 0 spiro atoms. The minimum absolute atomic E-state index is 0.178. The van der Waals surface area contributed by atoms with Crippen molar-refractivity contribution in [1.82, 2.24) is 4.98 Å². The van der Waals surface area contributed by atoms with Gasteiger partial charge < -0.3 is 9.73 Å². The molecular formula is C16H16N2O2S. The van der Waals surface area contributed by atoms with Gasteiger partial charge in [0.15, 0.2) is 5.58 Å². The first-order valence-corrected chi connectivity index (χ1v) is 7.91. The van der Waals surface area contributed by atoms with Gasteiger partial charge in [0.05, 0.1) is 5.52 Å². The smallest absolute Gasteiger partial charge is 0.408 e. The highest BCUT2D eigenvalue weighted by molar-refractivity contribution is 7.98. The molecular weight excluding hydrogens is 284 g/mol. The number of thioether (sulfide) groups is 1. The minimum Gasteiger partial charge on any atom is -0.408 e. The van der Waals surface area contributed by atoms with Gasteiger partial charge in [-0.3, -0.25) is 4.98 Å². The van der Waals surface area contributed by atoms with E-state index in [1.165, 1.54) is 10.5 Å². The molecule has 0 radical (unpaired) electrons. The SMILES string of the molecule is CSc1ccc(C(C)Nc2ccc3oc(=O)[nH]c3c2)cc1. The van der Waals surface area contributed by atoms with Crippen LogP contribution in [0.4, 0.5) is 5.69 Å². The van der Waals surface area contributed by atoms with Gasteiger partial charge in [-0.25, -0.2) is 4.79 Å². The van der Waals surface area contributed by atoms with Crippen molar-refractivity contribution in [2.45, 2.75) is 17.9 Å². The topological polar surface area (TPSA) is 58.0 Å². The Balaban J connectivity index is 1.81. The Morgan fingerprint density at radius 3 is 2.67 bits per heavy atom. The van der Waals surface area contributed by atoms with E-state index in [1.807, 2.05) is 12.1 Å². The molecule has 3 rings (SSSR count). The molecule has 0 aliphatic carbocycles. The summed E-state index contributed by atoms with van der Waals surface area (Å²) in [7, 11) is 0. The van der Waals surface area contributed by atoms with Crippen LogP contribution in [0.5, 0.6) is 0 Å². The number of hydrogen-bond acceptors (Lipinski definition) is 4. The highest BCUT2D eigenvalue weighted by Crippen LogP contribution is 2.24. The van der Waals surface area contributed by atoms with E-state index < -0.39 is 5.76 Å². The predicted octanol–water partition coefficient (Wildman–Crippen LogP) is 4.02. The van der Waals surface area contributed by atoms with Crippen molar-refractivity contribution in [1.29, 1.82) is 0 Å². The van der Waals surface area contributed by atoms with E-state index in [4.69, 9.17) is 4.42 Å². The summed E-state index contributed by atoms with van der Waals surface area (Å²) in [5.74, 6) is -0.428. The maximum atomic E-state index is 11.2. The number of oxazole rings is 1. The third kappa shape index (κ3) is 2.97. The van der Waals surface area contributed by atoms with Gasteiger partial charge in [-0.05, 0) is 49.1 Å². The van der Waals surface area contributed by atoms with Gasteiger partial charge in [0.25, 0.3) is 0 Å². The Labute approximate surface area is 126 Å². The molecule has 0 saturated heterocycles. The molecule has 3 aromatic rings. The Bertz CT molecular complexity index is 805. The van der Waals surface area contributed by atoms with E-state index >= 15 is 0 Å². The predicted molar refractivity (Wildman–Crippen MR) is 87.1 cm³/mol. The third-order valence-electron chi connectivity index (χ3n) is 3.42. The molecule has 1 aromatic heterocycles. The number of aromatic nitrogens is 1. The fourth-order valence-electron chi connectivity index (χ4n) is 2.27. The quantitative estimate of drug-likeness (QED) is 0.715. The third-order valence-corrected chi connectivity index (χ3v) is 4.16. The standard InChI is InChI=1S/C16H16N2O2S/c1-10(11-3-6-13(21-2)7-4-11)17-12-5-8-15-14(9-12)18-16(19)20-15/h3-10,17H,1-2H3,(H,18,19). The van der Waals surface area contributed by atoms with Crippen LogP contribution in [0.1, 0.15) is 18.5 Å². The molecule has 0 saturated carbocycles. The molecule has 2 aromatic carbocycles. The molecule has 21 heavy (non-hydrogen) atoms. The number of hydrogen-bond donors (Lipinski definition) is 2. The summed E-state index contributed by atoms with van der Waals surface area (Å²) in [6.45, 7) is 2.11. The Hall–Kier alpha value is -2.14. The highest BCUT2D eigenvalue weighted by Gasteiger charge is 2.07. The first-order valence-electron chi connectivity index (χ1n) is 6.69. The normalized spacial score (nSPS) is 12.5. The number of benzene rings is 2. The number of H-pyrrole nitrogens is 1. The van der Waals surface area contributed by atoms with Crippen molar-refractivity contribution in [3.63, 3.8) is 0 Å². The number of aromatic amines is 1.